The van der Waals surface area contributed by atoms with E-state index in [4.69, 9.17) is 23.7 Å². The van der Waals surface area contributed by atoms with Crippen LogP contribution in [-0.4, -0.2) is 127 Å². The zero-order valence-corrected chi connectivity index (χ0v) is 35.9. The Balaban J connectivity index is 1.59. The second-order valence-electron chi connectivity index (χ2n) is 15.6. The maximum absolute atomic E-state index is 14.3. The molecule has 0 aromatic heterocycles. The van der Waals surface area contributed by atoms with Gasteiger partial charge in [-0.2, -0.15) is 0 Å². The van der Waals surface area contributed by atoms with Gasteiger partial charge in [0.1, 0.15) is 31.9 Å². The van der Waals surface area contributed by atoms with Crippen LogP contribution in [0.15, 0.2) is 121 Å². The highest BCUT2D eigenvalue weighted by atomic mass is 16.5. The van der Waals surface area contributed by atoms with Crippen molar-refractivity contribution < 1.29 is 57.6 Å². The standard InChI is InChI=1S/C49H57N3O12/c53-37-60-29-24-44(48(59)64-34-42-19-11-4-12-20-42)51-28-27-50(43(21-22-45(55)56)47(58)63-33-41-17-9-3-10-18-41)35-49(36-51,25-30-61-38-54)52(26-23-39-13-5-1-6-14-39)31-46(57)62-32-40-15-7-2-8-16-40/h1-20,37-38,43-44H,21-36H2,(H,55,56). The first-order valence-electron chi connectivity index (χ1n) is 21.4. The number of aliphatic carboxylic acids is 1. The maximum Gasteiger partial charge on any atom is 0.323 e. The van der Waals surface area contributed by atoms with Crippen molar-refractivity contribution in [3.8, 4) is 0 Å². The molecule has 4 aromatic rings. The van der Waals surface area contributed by atoms with E-state index in [1.54, 1.807) is 0 Å². The van der Waals surface area contributed by atoms with E-state index in [1.165, 1.54) is 0 Å². The van der Waals surface area contributed by atoms with Gasteiger partial charge in [-0.1, -0.05) is 121 Å². The van der Waals surface area contributed by atoms with Gasteiger partial charge in [0, 0.05) is 52.0 Å². The largest absolute Gasteiger partial charge is 0.481 e. The van der Waals surface area contributed by atoms with Gasteiger partial charge in [-0.3, -0.25) is 43.5 Å². The molecular formula is C49H57N3O12. The minimum atomic E-state index is -1.19. The molecule has 0 amide bonds. The SMILES string of the molecule is O=COCCC(C(=O)OCc1ccccc1)N1CCN(C(CCC(=O)O)C(=O)OCc2ccccc2)CC(CCOC=O)(N(CCc2ccccc2)CC(=O)OCc2ccccc2)C1. The van der Waals surface area contributed by atoms with Gasteiger partial charge in [-0.15, -0.1) is 0 Å². The second kappa shape index (κ2) is 26.3. The number of carbonyl (C=O) groups is 6. The Kier molecular flexibility index (Phi) is 19.9. The van der Waals surface area contributed by atoms with Gasteiger partial charge < -0.3 is 28.8 Å². The van der Waals surface area contributed by atoms with Crippen LogP contribution >= 0.6 is 0 Å². The van der Waals surface area contributed by atoms with Crippen molar-refractivity contribution in [2.75, 3.05) is 52.5 Å². The summed E-state index contributed by atoms with van der Waals surface area (Å²) < 4.78 is 28.1. The molecule has 1 aliphatic heterocycles. The molecule has 0 saturated carbocycles. The van der Waals surface area contributed by atoms with Crippen molar-refractivity contribution in [2.45, 2.75) is 69.5 Å². The van der Waals surface area contributed by atoms with Crippen molar-refractivity contribution in [1.29, 1.82) is 0 Å². The average molecular weight is 880 g/mol. The molecule has 0 aliphatic carbocycles. The topological polar surface area (TPSA) is 179 Å². The van der Waals surface area contributed by atoms with E-state index in [1.807, 2.05) is 136 Å². The number of carbonyl (C=O) groups excluding carboxylic acids is 5. The zero-order chi connectivity index (χ0) is 45.4. The van der Waals surface area contributed by atoms with Crippen LogP contribution in [0.4, 0.5) is 0 Å². The molecule has 340 valence electrons. The van der Waals surface area contributed by atoms with Crippen molar-refractivity contribution in [3.63, 3.8) is 0 Å². The fourth-order valence-electron chi connectivity index (χ4n) is 7.94. The molecule has 1 heterocycles. The lowest BCUT2D eigenvalue weighted by Crippen LogP contribution is -2.63. The predicted octanol–water partition coefficient (Wildman–Crippen LogP) is 4.85. The van der Waals surface area contributed by atoms with Gasteiger partial charge >= 0.3 is 23.9 Å². The number of nitrogens with zero attached hydrogens (tertiary/aromatic N) is 3. The number of hydrogen-bond acceptors (Lipinski definition) is 14. The molecule has 1 saturated heterocycles. The first kappa shape index (κ1) is 48.6. The first-order chi connectivity index (χ1) is 31.2. The van der Waals surface area contributed by atoms with Crippen LogP contribution in [0, 0.1) is 0 Å². The quantitative estimate of drug-likeness (QED) is 0.0372. The van der Waals surface area contributed by atoms with E-state index in [0.29, 0.717) is 19.4 Å². The minimum absolute atomic E-state index is 0.0162. The van der Waals surface area contributed by atoms with E-state index >= 15 is 0 Å². The van der Waals surface area contributed by atoms with E-state index in [0.717, 1.165) is 22.3 Å². The Hall–Kier alpha value is -6.42. The summed E-state index contributed by atoms with van der Waals surface area (Å²) in [5, 5.41) is 9.89. The highest BCUT2D eigenvalue weighted by Gasteiger charge is 2.47. The van der Waals surface area contributed by atoms with Gasteiger partial charge in [0.25, 0.3) is 12.9 Å². The Bertz CT molecular complexity index is 2040. The van der Waals surface area contributed by atoms with Gasteiger partial charge in [0.2, 0.25) is 0 Å². The Labute approximate surface area is 373 Å². The molecule has 15 nitrogen and oxygen atoms in total. The molecule has 3 atom stereocenters. The zero-order valence-electron chi connectivity index (χ0n) is 35.9. The number of carboxylic acids is 1. The Morgan fingerprint density at radius 3 is 1.52 bits per heavy atom. The maximum atomic E-state index is 14.3. The summed E-state index contributed by atoms with van der Waals surface area (Å²) in [6, 6.07) is 35.1. The third-order valence-electron chi connectivity index (χ3n) is 11.3. The van der Waals surface area contributed by atoms with Gasteiger partial charge in [-0.25, -0.2) is 0 Å². The number of ether oxygens (including phenoxy) is 5. The number of hydrogen-bond donors (Lipinski definition) is 1. The van der Waals surface area contributed by atoms with Crippen LogP contribution in [-0.2, 0) is 78.7 Å². The molecule has 0 radical (unpaired) electrons. The highest BCUT2D eigenvalue weighted by Crippen LogP contribution is 2.31. The van der Waals surface area contributed by atoms with Crippen molar-refractivity contribution in [1.82, 2.24) is 14.7 Å². The molecule has 1 N–H and O–H groups in total. The second-order valence-corrected chi connectivity index (χ2v) is 15.6. The molecule has 3 unspecified atom stereocenters. The van der Waals surface area contributed by atoms with Crippen LogP contribution in [0.2, 0.25) is 0 Å². The highest BCUT2D eigenvalue weighted by molar-refractivity contribution is 5.77. The van der Waals surface area contributed by atoms with E-state index in [-0.39, 0.29) is 98.0 Å². The van der Waals surface area contributed by atoms with Crippen LogP contribution in [0.25, 0.3) is 0 Å². The van der Waals surface area contributed by atoms with Crippen LogP contribution in [0.5, 0.6) is 0 Å². The summed E-state index contributed by atoms with van der Waals surface area (Å²) in [5.41, 5.74) is 2.08. The molecule has 64 heavy (non-hydrogen) atoms. The first-order valence-corrected chi connectivity index (χ1v) is 21.4. The molecule has 15 heteroatoms. The fourth-order valence-corrected chi connectivity index (χ4v) is 7.94. The third kappa shape index (κ3) is 15.7. The third-order valence-corrected chi connectivity index (χ3v) is 11.3. The summed E-state index contributed by atoms with van der Waals surface area (Å²) in [6.07, 6.45) is 0.162. The van der Waals surface area contributed by atoms with E-state index < -0.39 is 41.5 Å². The summed E-state index contributed by atoms with van der Waals surface area (Å²) in [4.78, 5) is 83.5. The molecule has 0 spiro atoms. The molecule has 1 fully saturated rings. The van der Waals surface area contributed by atoms with Crippen molar-refractivity contribution >= 4 is 36.8 Å². The number of esters is 3. The summed E-state index contributed by atoms with van der Waals surface area (Å²) in [5.74, 6) is -2.89. The van der Waals surface area contributed by atoms with E-state index in [2.05, 4.69) is 0 Å². The summed E-state index contributed by atoms with van der Waals surface area (Å²) in [6.45, 7) is 0.812. The minimum Gasteiger partial charge on any atom is -0.481 e. The molecular weight excluding hydrogens is 823 g/mol. The average Bonchev–Trinajstić information content (AvgIpc) is 3.51. The number of benzene rings is 4. The smallest absolute Gasteiger partial charge is 0.323 e. The summed E-state index contributed by atoms with van der Waals surface area (Å²) in [7, 11) is 0. The Morgan fingerprint density at radius 2 is 1.05 bits per heavy atom. The van der Waals surface area contributed by atoms with Crippen LogP contribution < -0.4 is 0 Å². The van der Waals surface area contributed by atoms with Crippen molar-refractivity contribution in [3.05, 3.63) is 144 Å². The number of rotatable bonds is 27. The molecule has 4 aromatic carbocycles. The fraction of sp³-hybridized carbons (Fsp3) is 0.388. The van der Waals surface area contributed by atoms with Crippen LogP contribution in [0.3, 0.4) is 0 Å². The predicted molar refractivity (Wildman–Crippen MR) is 234 cm³/mol. The summed E-state index contributed by atoms with van der Waals surface area (Å²) >= 11 is 0. The van der Waals surface area contributed by atoms with Crippen molar-refractivity contribution in [2.24, 2.45) is 0 Å². The lowest BCUT2D eigenvalue weighted by Gasteiger charge is -2.47. The monoisotopic (exact) mass is 879 g/mol. The lowest BCUT2D eigenvalue weighted by molar-refractivity contribution is -0.155. The lowest BCUT2D eigenvalue weighted by atomic mass is 9.89. The van der Waals surface area contributed by atoms with Gasteiger partial charge in [0.05, 0.1) is 25.3 Å². The van der Waals surface area contributed by atoms with Gasteiger partial charge in [-0.05, 0) is 35.1 Å². The van der Waals surface area contributed by atoms with E-state index in [9.17, 15) is 33.9 Å². The molecule has 0 bridgehead atoms. The number of carboxylic acid groups (broad SMARTS) is 1. The van der Waals surface area contributed by atoms with Gasteiger partial charge in [0.15, 0.2) is 0 Å². The molecule has 5 rings (SSSR count). The van der Waals surface area contributed by atoms with Crippen LogP contribution in [0.1, 0.15) is 47.9 Å². The Morgan fingerprint density at radius 1 is 0.609 bits per heavy atom. The normalized spacial score (nSPS) is 16.4. The molecule has 1 aliphatic rings.